The highest BCUT2D eigenvalue weighted by Gasteiger charge is 2.11. The van der Waals surface area contributed by atoms with Gasteiger partial charge in [-0.25, -0.2) is 0 Å². The summed E-state index contributed by atoms with van der Waals surface area (Å²) in [6.07, 6.45) is 0. The summed E-state index contributed by atoms with van der Waals surface area (Å²) in [5.74, 6) is 0.397. The first-order valence-corrected chi connectivity index (χ1v) is 9.33. The van der Waals surface area contributed by atoms with E-state index < -0.39 is 0 Å². The molecule has 0 aliphatic carbocycles. The van der Waals surface area contributed by atoms with Crippen molar-refractivity contribution in [2.24, 2.45) is 0 Å². The van der Waals surface area contributed by atoms with Crippen molar-refractivity contribution in [1.29, 1.82) is 0 Å². The molecule has 0 saturated heterocycles. The van der Waals surface area contributed by atoms with Crippen molar-refractivity contribution in [2.75, 3.05) is 55.8 Å². The van der Waals surface area contributed by atoms with Gasteiger partial charge in [0.15, 0.2) is 5.69 Å². The number of carbonyl (C=O) groups is 1. The Bertz CT molecular complexity index is 741. The first-order valence-electron chi connectivity index (χ1n) is 9.33. The Morgan fingerprint density at radius 1 is 1.07 bits per heavy atom. The summed E-state index contributed by atoms with van der Waals surface area (Å²) in [5.41, 5.74) is 3.25. The standard InChI is InChI=1S/C20H30N6O/c1-6-26(7-2)16-8-9-17(15(3)14-16)22-20(27)18-10-11-19(24-23-18)21-12-13-25(4)5/h8-11,14H,6-7,12-13H2,1-5H3,(H,21,24)(H,22,27). The third-order valence-corrected chi connectivity index (χ3v) is 4.35. The zero-order valence-electron chi connectivity index (χ0n) is 16.9. The summed E-state index contributed by atoms with van der Waals surface area (Å²) in [5, 5.41) is 14.2. The normalized spacial score (nSPS) is 10.7. The summed E-state index contributed by atoms with van der Waals surface area (Å²) in [4.78, 5) is 16.8. The highest BCUT2D eigenvalue weighted by molar-refractivity contribution is 6.03. The molecule has 0 saturated carbocycles. The number of aromatic nitrogens is 2. The number of carbonyl (C=O) groups excluding carboxylic acids is 1. The number of hydrogen-bond acceptors (Lipinski definition) is 6. The third kappa shape index (κ3) is 5.92. The van der Waals surface area contributed by atoms with Crippen molar-refractivity contribution in [3.63, 3.8) is 0 Å². The van der Waals surface area contributed by atoms with Crippen molar-refractivity contribution < 1.29 is 4.79 Å². The lowest BCUT2D eigenvalue weighted by molar-refractivity contribution is 0.102. The number of likely N-dealkylation sites (N-methyl/N-ethyl adjacent to an activating group) is 1. The van der Waals surface area contributed by atoms with Gasteiger partial charge in [0.2, 0.25) is 0 Å². The molecule has 2 rings (SSSR count). The van der Waals surface area contributed by atoms with E-state index in [1.807, 2.05) is 33.2 Å². The molecule has 2 aromatic rings. The van der Waals surface area contributed by atoms with Gasteiger partial charge in [0.25, 0.3) is 5.91 Å². The van der Waals surface area contributed by atoms with E-state index in [1.54, 1.807) is 12.1 Å². The molecule has 0 aliphatic heterocycles. The van der Waals surface area contributed by atoms with E-state index in [2.05, 4.69) is 50.5 Å². The van der Waals surface area contributed by atoms with Gasteiger partial charge in [0.1, 0.15) is 5.82 Å². The summed E-state index contributed by atoms with van der Waals surface area (Å²) in [7, 11) is 4.02. The monoisotopic (exact) mass is 370 g/mol. The Morgan fingerprint density at radius 2 is 1.81 bits per heavy atom. The van der Waals surface area contributed by atoms with Crippen LogP contribution in [0.15, 0.2) is 30.3 Å². The van der Waals surface area contributed by atoms with Crippen LogP contribution in [0, 0.1) is 6.92 Å². The van der Waals surface area contributed by atoms with E-state index in [4.69, 9.17) is 0 Å². The van der Waals surface area contributed by atoms with Crippen molar-refractivity contribution >= 4 is 23.1 Å². The Labute approximate surface area is 161 Å². The van der Waals surface area contributed by atoms with Gasteiger partial charge in [-0.1, -0.05) is 0 Å². The van der Waals surface area contributed by atoms with Gasteiger partial charge in [-0.15, -0.1) is 10.2 Å². The molecule has 146 valence electrons. The first kappa shape index (κ1) is 20.6. The van der Waals surface area contributed by atoms with Crippen LogP contribution in [0.25, 0.3) is 0 Å². The maximum atomic E-state index is 12.5. The zero-order chi connectivity index (χ0) is 19.8. The third-order valence-electron chi connectivity index (χ3n) is 4.35. The molecule has 7 heteroatoms. The Balaban J connectivity index is 2.00. The maximum absolute atomic E-state index is 12.5. The van der Waals surface area contributed by atoms with Crippen LogP contribution in [0.2, 0.25) is 0 Å². The van der Waals surface area contributed by atoms with E-state index in [-0.39, 0.29) is 5.91 Å². The number of hydrogen-bond donors (Lipinski definition) is 2. The van der Waals surface area contributed by atoms with E-state index >= 15 is 0 Å². The number of anilines is 3. The molecule has 0 bridgehead atoms. The zero-order valence-corrected chi connectivity index (χ0v) is 16.9. The Morgan fingerprint density at radius 3 is 2.37 bits per heavy atom. The minimum Gasteiger partial charge on any atom is -0.372 e. The molecule has 0 atom stereocenters. The highest BCUT2D eigenvalue weighted by Crippen LogP contribution is 2.23. The molecule has 2 N–H and O–H groups in total. The number of rotatable bonds is 9. The molecule has 0 radical (unpaired) electrons. The summed E-state index contributed by atoms with van der Waals surface area (Å²) >= 11 is 0. The second-order valence-electron chi connectivity index (χ2n) is 6.66. The molecular weight excluding hydrogens is 340 g/mol. The van der Waals surface area contributed by atoms with Crippen LogP contribution in [-0.2, 0) is 0 Å². The fourth-order valence-corrected chi connectivity index (χ4v) is 2.72. The lowest BCUT2D eigenvalue weighted by Gasteiger charge is -2.22. The van der Waals surface area contributed by atoms with E-state index in [0.717, 1.165) is 43.1 Å². The van der Waals surface area contributed by atoms with E-state index in [9.17, 15) is 4.79 Å². The lowest BCUT2D eigenvalue weighted by atomic mass is 10.1. The quantitative estimate of drug-likeness (QED) is 0.707. The van der Waals surface area contributed by atoms with Crippen molar-refractivity contribution in [1.82, 2.24) is 15.1 Å². The number of nitrogens with zero attached hydrogens (tertiary/aromatic N) is 4. The fraction of sp³-hybridized carbons (Fsp3) is 0.450. The van der Waals surface area contributed by atoms with E-state index in [0.29, 0.717) is 11.5 Å². The molecule has 0 unspecified atom stereocenters. The van der Waals surface area contributed by atoms with E-state index in [1.165, 1.54) is 0 Å². The number of nitrogens with one attached hydrogen (secondary N) is 2. The molecule has 1 heterocycles. The molecule has 7 nitrogen and oxygen atoms in total. The largest absolute Gasteiger partial charge is 0.372 e. The second-order valence-corrected chi connectivity index (χ2v) is 6.66. The summed E-state index contributed by atoms with van der Waals surface area (Å²) < 4.78 is 0. The van der Waals surface area contributed by atoms with Crippen LogP contribution < -0.4 is 15.5 Å². The van der Waals surface area contributed by atoms with Gasteiger partial charge in [0, 0.05) is 37.6 Å². The summed E-state index contributed by atoms with van der Waals surface area (Å²) in [6, 6.07) is 9.50. The van der Waals surface area contributed by atoms with Crippen molar-refractivity contribution in [3.05, 3.63) is 41.6 Å². The number of benzene rings is 1. The minimum absolute atomic E-state index is 0.263. The number of amides is 1. The van der Waals surface area contributed by atoms with Crippen LogP contribution >= 0.6 is 0 Å². The smallest absolute Gasteiger partial charge is 0.276 e. The minimum atomic E-state index is -0.263. The van der Waals surface area contributed by atoms with Crippen LogP contribution in [0.1, 0.15) is 29.9 Å². The van der Waals surface area contributed by atoms with Gasteiger partial charge in [-0.2, -0.15) is 0 Å². The van der Waals surface area contributed by atoms with Crippen LogP contribution in [-0.4, -0.2) is 61.3 Å². The van der Waals surface area contributed by atoms with Crippen molar-refractivity contribution in [3.8, 4) is 0 Å². The van der Waals surface area contributed by atoms with Gasteiger partial charge >= 0.3 is 0 Å². The molecule has 1 amide bonds. The maximum Gasteiger partial charge on any atom is 0.276 e. The molecule has 1 aromatic heterocycles. The summed E-state index contributed by atoms with van der Waals surface area (Å²) in [6.45, 7) is 9.82. The highest BCUT2D eigenvalue weighted by atomic mass is 16.1. The Hall–Kier alpha value is -2.67. The SMILES string of the molecule is CCN(CC)c1ccc(NC(=O)c2ccc(NCCN(C)C)nn2)c(C)c1. The average Bonchev–Trinajstić information content (AvgIpc) is 2.65. The second kappa shape index (κ2) is 9.87. The molecule has 27 heavy (non-hydrogen) atoms. The van der Waals surface area contributed by atoms with Gasteiger partial charge in [0.05, 0.1) is 0 Å². The van der Waals surface area contributed by atoms with Crippen LogP contribution in [0.3, 0.4) is 0 Å². The van der Waals surface area contributed by atoms with Crippen molar-refractivity contribution in [2.45, 2.75) is 20.8 Å². The van der Waals surface area contributed by atoms with Gasteiger partial charge in [-0.05, 0) is 70.8 Å². The lowest BCUT2D eigenvalue weighted by Crippen LogP contribution is -2.22. The molecular formula is C20H30N6O. The predicted molar refractivity (Wildman–Crippen MR) is 112 cm³/mol. The fourth-order valence-electron chi connectivity index (χ4n) is 2.72. The number of aryl methyl sites for hydroxylation is 1. The van der Waals surface area contributed by atoms with Crippen LogP contribution in [0.5, 0.6) is 0 Å². The molecule has 0 spiro atoms. The molecule has 1 aromatic carbocycles. The van der Waals surface area contributed by atoms with Gasteiger partial charge < -0.3 is 20.4 Å². The van der Waals surface area contributed by atoms with Gasteiger partial charge in [-0.3, -0.25) is 4.79 Å². The molecule has 0 fully saturated rings. The first-order chi connectivity index (χ1) is 12.9. The average molecular weight is 371 g/mol. The van der Waals surface area contributed by atoms with Crippen LogP contribution in [0.4, 0.5) is 17.2 Å². The molecule has 0 aliphatic rings. The topological polar surface area (TPSA) is 73.4 Å². The predicted octanol–water partition coefficient (Wildman–Crippen LogP) is 2.86. The Kier molecular flexibility index (Phi) is 7.55.